The molecule has 3 heteroatoms. The van der Waals surface area contributed by atoms with E-state index in [2.05, 4.69) is 199 Å². The maximum Gasteiger partial charge on any atom is 0.0754 e. The molecular weight excluding hydrogens is 679 g/mol. The van der Waals surface area contributed by atoms with Gasteiger partial charge in [-0.05, 0) is 97.6 Å². The van der Waals surface area contributed by atoms with Crippen molar-refractivity contribution < 1.29 is 0 Å². The van der Waals surface area contributed by atoms with Crippen molar-refractivity contribution in [2.24, 2.45) is 10.7 Å². The van der Waals surface area contributed by atoms with E-state index in [-0.39, 0.29) is 0 Å². The molecular formula is C53H39N3. The summed E-state index contributed by atoms with van der Waals surface area (Å²) in [5.74, 6) is 0. The van der Waals surface area contributed by atoms with Crippen molar-refractivity contribution in [1.29, 1.82) is 0 Å². The number of para-hydroxylation sites is 3. The Morgan fingerprint density at radius 3 is 1.68 bits per heavy atom. The van der Waals surface area contributed by atoms with Gasteiger partial charge in [0.2, 0.25) is 0 Å². The molecule has 1 aliphatic carbocycles. The van der Waals surface area contributed by atoms with Gasteiger partial charge in [-0.2, -0.15) is 0 Å². The lowest BCUT2D eigenvalue weighted by Crippen LogP contribution is -2.36. The van der Waals surface area contributed by atoms with Gasteiger partial charge in [-0.1, -0.05) is 176 Å². The van der Waals surface area contributed by atoms with Crippen molar-refractivity contribution in [2.75, 3.05) is 4.90 Å². The molecule has 2 aliphatic rings. The van der Waals surface area contributed by atoms with Gasteiger partial charge in [-0.15, -0.1) is 0 Å². The topological polar surface area (TPSA) is 41.6 Å². The van der Waals surface area contributed by atoms with Crippen molar-refractivity contribution >= 4 is 28.5 Å². The molecule has 0 saturated carbocycles. The summed E-state index contributed by atoms with van der Waals surface area (Å²) in [5.41, 5.74) is 24.6. The molecule has 1 spiro atoms. The monoisotopic (exact) mass is 717 g/mol. The lowest BCUT2D eigenvalue weighted by atomic mass is 9.64. The summed E-state index contributed by atoms with van der Waals surface area (Å²) < 4.78 is 0. The van der Waals surface area contributed by atoms with E-state index in [9.17, 15) is 0 Å². The highest BCUT2D eigenvalue weighted by atomic mass is 15.2. The molecule has 1 heterocycles. The molecule has 0 radical (unpaired) electrons. The summed E-state index contributed by atoms with van der Waals surface area (Å²) in [6.45, 7) is 0.555. The van der Waals surface area contributed by atoms with E-state index in [0.29, 0.717) is 12.2 Å². The van der Waals surface area contributed by atoms with Crippen LogP contribution in [-0.2, 0) is 12.0 Å². The van der Waals surface area contributed by atoms with Crippen molar-refractivity contribution in [3.63, 3.8) is 0 Å². The average Bonchev–Trinajstić information content (AvgIpc) is 3.56. The van der Waals surface area contributed by atoms with Crippen LogP contribution in [0.15, 0.2) is 217 Å². The van der Waals surface area contributed by atoms with Crippen LogP contribution in [0.3, 0.4) is 0 Å². The van der Waals surface area contributed by atoms with Crippen LogP contribution in [-0.4, -0.2) is 5.71 Å². The molecule has 0 unspecified atom stereocenters. The predicted octanol–water partition coefficient (Wildman–Crippen LogP) is 12.5. The second-order valence-electron chi connectivity index (χ2n) is 14.5. The highest BCUT2D eigenvalue weighted by molar-refractivity contribution is 6.12. The Bertz CT molecular complexity index is 2720. The fourth-order valence-corrected chi connectivity index (χ4v) is 8.82. The van der Waals surface area contributed by atoms with Crippen LogP contribution in [0.2, 0.25) is 0 Å². The van der Waals surface area contributed by atoms with E-state index in [1.807, 2.05) is 18.2 Å². The molecule has 0 atom stereocenters. The number of rotatable bonds is 7. The van der Waals surface area contributed by atoms with Crippen molar-refractivity contribution in [2.45, 2.75) is 12.0 Å². The first-order valence-electron chi connectivity index (χ1n) is 19.2. The number of hydrogen-bond acceptors (Lipinski definition) is 3. The minimum Gasteiger partial charge on any atom is -0.398 e. The number of anilines is 3. The van der Waals surface area contributed by atoms with Gasteiger partial charge in [-0.25, -0.2) is 0 Å². The molecule has 0 fully saturated rings. The molecule has 8 aromatic rings. The SMILES string of the molecule is N/C(=C\C(=N/Cc1ccccc1)c1ccc(-c2ccccc2)cc1)c1ccc2c(c1)-c1ccccc1C21c2ccccc2N(c2ccccc2)c2ccccc21. The molecule has 0 saturated heterocycles. The van der Waals surface area contributed by atoms with Crippen molar-refractivity contribution in [1.82, 2.24) is 0 Å². The van der Waals surface area contributed by atoms with Gasteiger partial charge < -0.3 is 10.6 Å². The first-order chi connectivity index (χ1) is 27.7. The van der Waals surface area contributed by atoms with E-state index >= 15 is 0 Å². The quantitative estimate of drug-likeness (QED) is 0.167. The normalized spacial score (nSPS) is 13.8. The number of nitrogens with zero attached hydrogens (tertiary/aromatic N) is 2. The third-order valence-electron chi connectivity index (χ3n) is 11.3. The predicted molar refractivity (Wildman–Crippen MR) is 233 cm³/mol. The number of aliphatic imine (C=N–C) groups is 1. The largest absolute Gasteiger partial charge is 0.398 e. The summed E-state index contributed by atoms with van der Waals surface area (Å²) in [7, 11) is 0. The van der Waals surface area contributed by atoms with Gasteiger partial charge >= 0.3 is 0 Å². The third-order valence-corrected chi connectivity index (χ3v) is 11.3. The highest BCUT2D eigenvalue weighted by Crippen LogP contribution is 2.63. The number of nitrogens with two attached hydrogens (primary N) is 1. The molecule has 0 amide bonds. The summed E-state index contributed by atoms with van der Waals surface area (Å²) in [6.07, 6.45) is 2.04. The Hall–Kier alpha value is -7.23. The summed E-state index contributed by atoms with van der Waals surface area (Å²) in [6, 6.07) is 73.7. The van der Waals surface area contributed by atoms with Crippen LogP contribution in [0.1, 0.15) is 38.9 Å². The third kappa shape index (κ3) is 5.48. The second kappa shape index (κ2) is 13.9. The van der Waals surface area contributed by atoms with E-state index in [1.54, 1.807) is 0 Å². The first-order valence-corrected chi connectivity index (χ1v) is 19.2. The number of fused-ring (bicyclic) bond motifs is 9. The zero-order chi connectivity index (χ0) is 37.5. The van der Waals surface area contributed by atoms with Gasteiger partial charge in [-0.3, -0.25) is 4.99 Å². The van der Waals surface area contributed by atoms with Crippen LogP contribution in [0.25, 0.3) is 28.0 Å². The van der Waals surface area contributed by atoms with Crippen LogP contribution in [0.4, 0.5) is 17.1 Å². The minimum atomic E-state index is -0.510. The standard InChI is InChI=1S/C53H39N3/c54-49(35-50(55-36-37-16-4-1-5-17-37)40-30-28-39(29-31-40)38-18-6-2-7-19-38)41-32-33-46-44(34-41)43-22-10-11-23-45(43)53(46)47-24-12-14-26-51(47)56(42-20-8-3-9-21-42)52-27-15-13-25-48(52)53/h1-35H,36,54H2/b49-35-,55-50+. The first kappa shape index (κ1) is 33.3. The zero-order valence-electron chi connectivity index (χ0n) is 30.9. The molecule has 10 rings (SSSR count). The molecule has 56 heavy (non-hydrogen) atoms. The molecule has 0 bridgehead atoms. The Kier molecular flexibility index (Phi) is 8.26. The van der Waals surface area contributed by atoms with Gasteiger partial charge in [0.15, 0.2) is 0 Å². The lowest BCUT2D eigenvalue weighted by molar-refractivity contribution is 0.752. The van der Waals surface area contributed by atoms with E-state index in [1.165, 1.54) is 50.3 Å². The average molecular weight is 718 g/mol. The summed E-state index contributed by atoms with van der Waals surface area (Å²) in [5, 5.41) is 0. The fraction of sp³-hybridized carbons (Fsp3) is 0.0377. The molecule has 266 valence electrons. The molecule has 8 aromatic carbocycles. The van der Waals surface area contributed by atoms with Gasteiger partial charge in [0.25, 0.3) is 0 Å². The van der Waals surface area contributed by atoms with Crippen LogP contribution in [0.5, 0.6) is 0 Å². The second-order valence-corrected chi connectivity index (χ2v) is 14.5. The van der Waals surface area contributed by atoms with Crippen LogP contribution < -0.4 is 10.6 Å². The van der Waals surface area contributed by atoms with E-state index in [4.69, 9.17) is 10.7 Å². The number of benzene rings is 8. The smallest absolute Gasteiger partial charge is 0.0754 e. The van der Waals surface area contributed by atoms with Crippen molar-refractivity contribution in [3.05, 3.63) is 251 Å². The summed E-state index contributed by atoms with van der Waals surface area (Å²) >= 11 is 0. The van der Waals surface area contributed by atoms with E-state index in [0.717, 1.165) is 33.7 Å². The van der Waals surface area contributed by atoms with Gasteiger partial charge in [0, 0.05) is 11.4 Å². The van der Waals surface area contributed by atoms with Gasteiger partial charge in [0.05, 0.1) is 29.0 Å². The Morgan fingerprint density at radius 2 is 1.00 bits per heavy atom. The molecule has 3 nitrogen and oxygen atoms in total. The molecule has 2 N–H and O–H groups in total. The Morgan fingerprint density at radius 1 is 0.482 bits per heavy atom. The molecule has 0 aromatic heterocycles. The fourth-order valence-electron chi connectivity index (χ4n) is 8.82. The Labute approximate surface area is 328 Å². The summed E-state index contributed by atoms with van der Waals surface area (Å²) in [4.78, 5) is 7.56. The van der Waals surface area contributed by atoms with Crippen LogP contribution in [0, 0.1) is 0 Å². The van der Waals surface area contributed by atoms with Crippen LogP contribution >= 0.6 is 0 Å². The highest BCUT2D eigenvalue weighted by Gasteiger charge is 2.51. The lowest BCUT2D eigenvalue weighted by Gasteiger charge is -2.45. The Balaban J connectivity index is 1.11. The minimum absolute atomic E-state index is 0.510. The zero-order valence-corrected chi connectivity index (χ0v) is 30.9. The number of hydrogen-bond donors (Lipinski definition) is 1. The number of allylic oxidation sites excluding steroid dienone is 1. The molecule has 1 aliphatic heterocycles. The maximum absolute atomic E-state index is 7.12. The maximum atomic E-state index is 7.12. The van der Waals surface area contributed by atoms with Gasteiger partial charge in [0.1, 0.15) is 0 Å². The van der Waals surface area contributed by atoms with E-state index < -0.39 is 5.41 Å². The van der Waals surface area contributed by atoms with Crippen molar-refractivity contribution in [3.8, 4) is 22.3 Å².